The van der Waals surface area contributed by atoms with Crippen LogP contribution in [-0.2, 0) is 4.79 Å². The van der Waals surface area contributed by atoms with Crippen molar-refractivity contribution in [1.29, 1.82) is 0 Å². The maximum Gasteiger partial charge on any atom is 0.323 e. The van der Waals surface area contributed by atoms with Gasteiger partial charge in [-0.15, -0.1) is 0 Å². The number of hydrogen-bond acceptors (Lipinski definition) is 2. The van der Waals surface area contributed by atoms with Crippen molar-refractivity contribution in [2.24, 2.45) is 0 Å². The van der Waals surface area contributed by atoms with Crippen molar-refractivity contribution in [3.05, 3.63) is 28.7 Å². The molecule has 0 saturated carbocycles. The van der Waals surface area contributed by atoms with Crippen LogP contribution >= 0.6 is 0 Å². The van der Waals surface area contributed by atoms with E-state index in [4.69, 9.17) is 0 Å². The highest BCUT2D eigenvalue weighted by Crippen LogP contribution is 2.15. The number of imidazole rings is 1. The largest absolute Gasteiger partial charge is 0.326 e. The minimum atomic E-state index is -0.236. The van der Waals surface area contributed by atoms with Gasteiger partial charge < -0.3 is 15.3 Å². The first-order valence-electron chi connectivity index (χ1n) is 7.71. The van der Waals surface area contributed by atoms with Gasteiger partial charge in [0.2, 0.25) is 5.91 Å². The maximum absolute atomic E-state index is 11.9. The Morgan fingerprint density at radius 1 is 1.05 bits per heavy atom. The summed E-state index contributed by atoms with van der Waals surface area (Å²) in [4.78, 5) is 28.4. The van der Waals surface area contributed by atoms with Crippen molar-refractivity contribution >= 4 is 22.6 Å². The number of aromatic amines is 2. The molecule has 114 valence electrons. The lowest BCUT2D eigenvalue weighted by Crippen LogP contribution is -2.10. The number of amides is 1. The second kappa shape index (κ2) is 7.67. The Bertz CT molecular complexity index is 642. The van der Waals surface area contributed by atoms with Crippen LogP contribution in [0.15, 0.2) is 23.0 Å². The fourth-order valence-electron chi connectivity index (χ4n) is 2.40. The van der Waals surface area contributed by atoms with Crippen molar-refractivity contribution in [1.82, 2.24) is 9.97 Å². The molecule has 0 atom stereocenters. The minimum Gasteiger partial charge on any atom is -0.326 e. The summed E-state index contributed by atoms with van der Waals surface area (Å²) >= 11 is 0. The monoisotopic (exact) mass is 289 g/mol. The predicted octanol–water partition coefficient (Wildman–Crippen LogP) is 3.55. The van der Waals surface area contributed by atoms with E-state index in [0.29, 0.717) is 17.6 Å². The number of fused-ring (bicyclic) bond motifs is 1. The van der Waals surface area contributed by atoms with Crippen LogP contribution in [0, 0.1) is 0 Å². The Morgan fingerprint density at radius 3 is 2.57 bits per heavy atom. The third-order valence-corrected chi connectivity index (χ3v) is 3.56. The van der Waals surface area contributed by atoms with Crippen LogP contribution in [0.1, 0.15) is 51.9 Å². The Morgan fingerprint density at radius 2 is 1.76 bits per heavy atom. The lowest BCUT2D eigenvalue weighted by Gasteiger charge is -2.05. The van der Waals surface area contributed by atoms with Gasteiger partial charge in [-0.05, 0) is 24.6 Å². The highest BCUT2D eigenvalue weighted by atomic mass is 16.1. The molecule has 1 heterocycles. The molecule has 0 bridgehead atoms. The van der Waals surface area contributed by atoms with Gasteiger partial charge >= 0.3 is 5.69 Å². The van der Waals surface area contributed by atoms with Gasteiger partial charge in [-0.1, -0.05) is 39.0 Å². The Balaban J connectivity index is 1.77. The molecule has 1 aromatic heterocycles. The number of unbranched alkanes of at least 4 members (excludes halogenated alkanes) is 5. The van der Waals surface area contributed by atoms with Gasteiger partial charge in [-0.3, -0.25) is 4.79 Å². The molecule has 5 nitrogen and oxygen atoms in total. The van der Waals surface area contributed by atoms with E-state index in [2.05, 4.69) is 22.2 Å². The van der Waals surface area contributed by atoms with Crippen LogP contribution in [-0.4, -0.2) is 15.9 Å². The lowest BCUT2D eigenvalue weighted by atomic mass is 10.1. The molecule has 0 fully saturated rings. The van der Waals surface area contributed by atoms with Gasteiger partial charge in [-0.25, -0.2) is 4.79 Å². The summed E-state index contributed by atoms with van der Waals surface area (Å²) in [7, 11) is 0. The predicted molar refractivity (Wildman–Crippen MR) is 85.5 cm³/mol. The van der Waals surface area contributed by atoms with E-state index in [1.54, 1.807) is 18.2 Å². The molecule has 2 rings (SSSR count). The summed E-state index contributed by atoms with van der Waals surface area (Å²) in [6, 6.07) is 5.35. The Labute approximate surface area is 124 Å². The van der Waals surface area contributed by atoms with Gasteiger partial charge in [0, 0.05) is 12.1 Å². The lowest BCUT2D eigenvalue weighted by molar-refractivity contribution is -0.116. The average Bonchev–Trinajstić information content (AvgIpc) is 2.82. The molecule has 1 aromatic carbocycles. The minimum absolute atomic E-state index is 0.0303. The molecular formula is C16H23N3O2. The van der Waals surface area contributed by atoms with Crippen LogP contribution in [0.25, 0.3) is 11.0 Å². The topological polar surface area (TPSA) is 77.8 Å². The number of H-pyrrole nitrogens is 2. The first-order valence-corrected chi connectivity index (χ1v) is 7.71. The standard InChI is InChI=1S/C16H23N3O2/c1-2-3-4-5-6-7-8-15(20)17-12-9-10-13-14(11-12)19-16(21)18-13/h9-11H,2-8H2,1H3,(H,17,20)(H2,18,19,21). The molecular weight excluding hydrogens is 266 g/mol. The van der Waals surface area contributed by atoms with Gasteiger partial charge in [0.1, 0.15) is 0 Å². The van der Waals surface area contributed by atoms with E-state index in [9.17, 15) is 9.59 Å². The molecule has 0 aliphatic carbocycles. The molecule has 1 amide bonds. The zero-order chi connectivity index (χ0) is 15.1. The molecule has 0 aliphatic heterocycles. The van der Waals surface area contributed by atoms with Crippen LogP contribution in [0.5, 0.6) is 0 Å². The van der Waals surface area contributed by atoms with Crippen molar-refractivity contribution in [3.8, 4) is 0 Å². The molecule has 0 saturated heterocycles. The van der Waals surface area contributed by atoms with E-state index >= 15 is 0 Å². The molecule has 0 unspecified atom stereocenters. The van der Waals surface area contributed by atoms with Gasteiger partial charge in [-0.2, -0.15) is 0 Å². The van der Waals surface area contributed by atoms with Crippen LogP contribution in [0.4, 0.5) is 5.69 Å². The van der Waals surface area contributed by atoms with Crippen molar-refractivity contribution in [2.45, 2.75) is 51.9 Å². The van der Waals surface area contributed by atoms with Crippen LogP contribution < -0.4 is 11.0 Å². The van der Waals surface area contributed by atoms with Crippen molar-refractivity contribution in [3.63, 3.8) is 0 Å². The van der Waals surface area contributed by atoms with Crippen molar-refractivity contribution < 1.29 is 4.79 Å². The zero-order valence-corrected chi connectivity index (χ0v) is 12.5. The van der Waals surface area contributed by atoms with Crippen LogP contribution in [0.3, 0.4) is 0 Å². The van der Waals surface area contributed by atoms with Gasteiger partial charge in [0.15, 0.2) is 0 Å². The number of aromatic nitrogens is 2. The second-order valence-electron chi connectivity index (χ2n) is 5.41. The third-order valence-electron chi connectivity index (χ3n) is 3.56. The van der Waals surface area contributed by atoms with Crippen LogP contribution in [0.2, 0.25) is 0 Å². The van der Waals surface area contributed by atoms with Gasteiger partial charge in [0.05, 0.1) is 11.0 Å². The number of anilines is 1. The maximum atomic E-state index is 11.9. The summed E-state index contributed by atoms with van der Waals surface area (Å²) in [6.45, 7) is 2.20. The highest BCUT2D eigenvalue weighted by Gasteiger charge is 2.04. The third kappa shape index (κ3) is 4.77. The molecule has 0 radical (unpaired) electrons. The molecule has 0 aliphatic rings. The van der Waals surface area contributed by atoms with Gasteiger partial charge in [0.25, 0.3) is 0 Å². The summed E-state index contributed by atoms with van der Waals surface area (Å²) in [5, 5.41) is 2.87. The summed E-state index contributed by atoms with van der Waals surface area (Å²) in [5.41, 5.74) is 1.93. The molecule has 0 spiro atoms. The molecule has 5 heteroatoms. The number of rotatable bonds is 8. The molecule has 2 aromatic rings. The number of carbonyl (C=O) groups is 1. The van der Waals surface area contributed by atoms with E-state index in [-0.39, 0.29) is 11.6 Å². The smallest absolute Gasteiger partial charge is 0.323 e. The molecule has 3 N–H and O–H groups in total. The second-order valence-corrected chi connectivity index (χ2v) is 5.41. The normalized spacial score (nSPS) is 10.9. The highest BCUT2D eigenvalue weighted by molar-refractivity contribution is 5.92. The summed E-state index contributed by atoms with van der Waals surface area (Å²) in [5.74, 6) is 0.0303. The van der Waals surface area contributed by atoms with E-state index < -0.39 is 0 Å². The zero-order valence-electron chi connectivity index (χ0n) is 12.5. The fraction of sp³-hybridized carbons (Fsp3) is 0.500. The number of benzene rings is 1. The van der Waals surface area contributed by atoms with E-state index in [0.717, 1.165) is 18.4 Å². The van der Waals surface area contributed by atoms with Crippen molar-refractivity contribution in [2.75, 3.05) is 5.32 Å². The summed E-state index contributed by atoms with van der Waals surface area (Å²) < 4.78 is 0. The fourth-order valence-corrected chi connectivity index (χ4v) is 2.40. The number of carbonyl (C=O) groups excluding carboxylic acids is 1. The first-order chi connectivity index (χ1) is 10.2. The first kappa shape index (κ1) is 15.4. The number of hydrogen-bond donors (Lipinski definition) is 3. The SMILES string of the molecule is CCCCCCCCC(=O)Nc1ccc2[nH]c(=O)[nH]c2c1. The van der Waals surface area contributed by atoms with E-state index in [1.165, 1.54) is 25.7 Å². The summed E-state index contributed by atoms with van der Waals surface area (Å²) in [6.07, 6.45) is 7.57. The Hall–Kier alpha value is -2.04. The quantitative estimate of drug-likeness (QED) is 0.650. The average molecular weight is 289 g/mol. The Kier molecular flexibility index (Phi) is 5.60. The molecule has 21 heavy (non-hydrogen) atoms. The number of nitrogens with one attached hydrogen (secondary N) is 3. The van der Waals surface area contributed by atoms with E-state index in [1.807, 2.05) is 0 Å².